The fraction of sp³-hybridized carbons (Fsp3) is 1.00. The third kappa shape index (κ3) is 3.21. The predicted octanol–water partition coefficient (Wildman–Crippen LogP) is 2.90. The van der Waals surface area contributed by atoms with Crippen LogP contribution in [-0.4, -0.2) is 34.6 Å². The maximum absolute atomic E-state index is 10.8. The number of hydrogen-bond donors (Lipinski definition) is 1. The van der Waals surface area contributed by atoms with Gasteiger partial charge in [0.15, 0.2) is 0 Å². The van der Waals surface area contributed by atoms with Crippen molar-refractivity contribution in [2.45, 2.75) is 83.2 Å². The number of hydrogen-bond acceptors (Lipinski definition) is 3. The second-order valence-corrected chi connectivity index (χ2v) is 7.04. The third-order valence-electron chi connectivity index (χ3n) is 4.06. The maximum atomic E-state index is 10.8. The molecule has 1 N–H and O–H groups in total. The van der Waals surface area contributed by atoms with Gasteiger partial charge in [-0.25, -0.2) is 0 Å². The van der Waals surface area contributed by atoms with Crippen LogP contribution in [0.2, 0.25) is 0 Å². The normalized spacial score (nSPS) is 31.8. The lowest BCUT2D eigenvalue weighted by Gasteiger charge is -2.37. The molecule has 0 amide bonds. The van der Waals surface area contributed by atoms with Crippen molar-refractivity contribution in [3.63, 3.8) is 0 Å². The van der Waals surface area contributed by atoms with Crippen molar-refractivity contribution < 1.29 is 14.6 Å². The fourth-order valence-electron chi connectivity index (χ4n) is 2.74. The summed E-state index contributed by atoms with van der Waals surface area (Å²) in [6.07, 6.45) is 2.19. The highest BCUT2D eigenvalue weighted by molar-refractivity contribution is 5.06. The first-order valence-electron chi connectivity index (χ1n) is 6.41. The van der Waals surface area contributed by atoms with Crippen molar-refractivity contribution in [3.8, 4) is 0 Å². The summed E-state index contributed by atoms with van der Waals surface area (Å²) in [4.78, 5) is 0. The van der Waals surface area contributed by atoms with E-state index in [4.69, 9.17) is 9.47 Å². The minimum absolute atomic E-state index is 0.196. The highest BCUT2D eigenvalue weighted by Gasteiger charge is 2.56. The van der Waals surface area contributed by atoms with Gasteiger partial charge in [0.1, 0.15) is 0 Å². The third-order valence-corrected chi connectivity index (χ3v) is 4.06. The van der Waals surface area contributed by atoms with Crippen LogP contribution in [-0.2, 0) is 9.47 Å². The van der Waals surface area contributed by atoms with Crippen LogP contribution in [0.1, 0.15) is 60.8 Å². The van der Waals surface area contributed by atoms with Gasteiger partial charge in [-0.05, 0) is 54.4 Å². The van der Waals surface area contributed by atoms with Crippen LogP contribution >= 0.6 is 0 Å². The van der Waals surface area contributed by atoms with E-state index >= 15 is 0 Å². The molecule has 1 saturated heterocycles. The molecule has 0 bridgehead atoms. The van der Waals surface area contributed by atoms with Gasteiger partial charge >= 0.3 is 0 Å². The highest BCUT2D eigenvalue weighted by atomic mass is 16.5. The molecule has 0 aromatic rings. The van der Waals surface area contributed by atoms with Gasteiger partial charge in [-0.2, -0.15) is 0 Å². The second kappa shape index (κ2) is 4.22. The Balaban J connectivity index is 2.75. The van der Waals surface area contributed by atoms with Crippen molar-refractivity contribution in [3.05, 3.63) is 0 Å². The SMILES string of the molecule is COC(C)(C)CCC1(O)CC(C)(C)OC1(C)C. The average Bonchev–Trinajstić information content (AvgIpc) is 2.28. The van der Waals surface area contributed by atoms with Crippen LogP contribution in [0.25, 0.3) is 0 Å². The monoisotopic (exact) mass is 244 g/mol. The van der Waals surface area contributed by atoms with Crippen molar-refractivity contribution in [2.75, 3.05) is 7.11 Å². The summed E-state index contributed by atoms with van der Waals surface area (Å²) in [6, 6.07) is 0. The zero-order chi connectivity index (χ0) is 13.5. The van der Waals surface area contributed by atoms with E-state index in [-0.39, 0.29) is 11.2 Å². The van der Waals surface area contributed by atoms with E-state index in [1.807, 2.05) is 41.5 Å². The average molecular weight is 244 g/mol. The molecular weight excluding hydrogens is 216 g/mol. The lowest BCUT2D eigenvalue weighted by Crippen LogP contribution is -2.47. The molecule has 1 aliphatic heterocycles. The molecule has 3 nitrogen and oxygen atoms in total. The summed E-state index contributed by atoms with van der Waals surface area (Å²) >= 11 is 0. The minimum atomic E-state index is -0.772. The summed E-state index contributed by atoms with van der Waals surface area (Å²) in [5, 5.41) is 10.8. The number of ether oxygens (including phenoxy) is 2. The number of aliphatic hydroxyl groups is 1. The van der Waals surface area contributed by atoms with E-state index in [1.54, 1.807) is 7.11 Å². The van der Waals surface area contributed by atoms with Gasteiger partial charge in [-0.15, -0.1) is 0 Å². The van der Waals surface area contributed by atoms with Gasteiger partial charge in [-0.1, -0.05) is 0 Å². The van der Waals surface area contributed by atoms with Crippen LogP contribution in [0.15, 0.2) is 0 Å². The zero-order valence-corrected chi connectivity index (χ0v) is 12.4. The molecular formula is C14H28O3. The topological polar surface area (TPSA) is 38.7 Å². The lowest BCUT2D eigenvalue weighted by atomic mass is 9.77. The van der Waals surface area contributed by atoms with Gasteiger partial charge < -0.3 is 14.6 Å². The summed E-state index contributed by atoms with van der Waals surface area (Å²) < 4.78 is 11.4. The standard InChI is InChI=1S/C14H28O3/c1-11(2,16-7)8-9-14(15)10-12(3,4)17-13(14,5)6/h15H,8-10H2,1-7H3. The van der Waals surface area contributed by atoms with Crippen LogP contribution in [0, 0.1) is 0 Å². The quantitative estimate of drug-likeness (QED) is 0.826. The summed E-state index contributed by atoms with van der Waals surface area (Å²) in [6.45, 7) is 12.1. The van der Waals surface area contributed by atoms with E-state index in [9.17, 15) is 5.11 Å². The molecule has 1 heterocycles. The Labute approximate surface area is 105 Å². The van der Waals surface area contributed by atoms with Crippen LogP contribution in [0.4, 0.5) is 0 Å². The van der Waals surface area contributed by atoms with Gasteiger partial charge in [0.05, 0.1) is 22.4 Å². The molecule has 0 aromatic heterocycles. The minimum Gasteiger partial charge on any atom is -0.387 e. The Morgan fingerprint density at radius 2 is 1.76 bits per heavy atom. The van der Waals surface area contributed by atoms with Gasteiger partial charge in [-0.3, -0.25) is 0 Å². The molecule has 1 aliphatic rings. The first kappa shape index (κ1) is 14.9. The molecule has 0 spiro atoms. The first-order chi connectivity index (χ1) is 7.43. The molecule has 0 aromatic carbocycles. The number of rotatable bonds is 4. The van der Waals surface area contributed by atoms with Crippen molar-refractivity contribution in [1.29, 1.82) is 0 Å². The van der Waals surface area contributed by atoms with Gasteiger partial charge in [0.2, 0.25) is 0 Å². The Hall–Kier alpha value is -0.120. The molecule has 0 saturated carbocycles. The Morgan fingerprint density at radius 1 is 1.24 bits per heavy atom. The van der Waals surface area contributed by atoms with Crippen molar-refractivity contribution in [1.82, 2.24) is 0 Å². The van der Waals surface area contributed by atoms with Crippen LogP contribution in [0.3, 0.4) is 0 Å². The summed E-state index contributed by atoms with van der Waals surface area (Å²) in [7, 11) is 1.71. The van der Waals surface area contributed by atoms with Crippen LogP contribution in [0.5, 0.6) is 0 Å². The summed E-state index contributed by atoms with van der Waals surface area (Å²) in [5.41, 5.74) is -1.72. The molecule has 0 radical (unpaired) electrons. The molecule has 102 valence electrons. The second-order valence-electron chi connectivity index (χ2n) is 7.04. The molecule has 1 rings (SSSR count). The summed E-state index contributed by atoms with van der Waals surface area (Å²) in [5.74, 6) is 0. The smallest absolute Gasteiger partial charge is 0.0959 e. The van der Waals surface area contributed by atoms with Gasteiger partial charge in [0.25, 0.3) is 0 Å². The molecule has 17 heavy (non-hydrogen) atoms. The van der Waals surface area contributed by atoms with E-state index in [1.165, 1.54) is 0 Å². The predicted molar refractivity (Wildman–Crippen MR) is 69.1 cm³/mol. The van der Waals surface area contributed by atoms with Crippen molar-refractivity contribution >= 4 is 0 Å². The Morgan fingerprint density at radius 3 is 2.12 bits per heavy atom. The molecule has 1 fully saturated rings. The zero-order valence-electron chi connectivity index (χ0n) is 12.4. The lowest BCUT2D eigenvalue weighted by molar-refractivity contribution is -0.134. The molecule has 3 heteroatoms. The van der Waals surface area contributed by atoms with E-state index in [0.717, 1.165) is 6.42 Å². The Kier molecular flexibility index (Phi) is 3.70. The maximum Gasteiger partial charge on any atom is 0.0959 e. The van der Waals surface area contributed by atoms with E-state index < -0.39 is 11.2 Å². The molecule has 0 aliphatic carbocycles. The van der Waals surface area contributed by atoms with Crippen molar-refractivity contribution in [2.24, 2.45) is 0 Å². The Bertz CT molecular complexity index is 281. The number of methoxy groups -OCH3 is 1. The molecule has 1 unspecified atom stereocenters. The van der Waals surface area contributed by atoms with Gasteiger partial charge in [0, 0.05) is 13.5 Å². The largest absolute Gasteiger partial charge is 0.387 e. The van der Waals surface area contributed by atoms with Crippen LogP contribution < -0.4 is 0 Å². The van der Waals surface area contributed by atoms with E-state index in [0.29, 0.717) is 12.8 Å². The first-order valence-corrected chi connectivity index (χ1v) is 6.41. The highest BCUT2D eigenvalue weighted by Crippen LogP contribution is 2.47. The van der Waals surface area contributed by atoms with E-state index in [2.05, 4.69) is 0 Å². The fourth-order valence-corrected chi connectivity index (χ4v) is 2.74. The molecule has 1 atom stereocenters.